The van der Waals surface area contributed by atoms with Crippen LogP contribution in [0.15, 0.2) is 18.2 Å². The molecule has 1 aliphatic heterocycles. The van der Waals surface area contributed by atoms with Crippen LogP contribution in [0.3, 0.4) is 0 Å². The topological polar surface area (TPSA) is 21.3 Å². The summed E-state index contributed by atoms with van der Waals surface area (Å²) in [5.74, 6) is 1.04. The molecule has 0 bridgehead atoms. The van der Waals surface area contributed by atoms with Crippen molar-refractivity contribution >= 4 is 43.2 Å². The Morgan fingerprint density at radius 3 is 2.19 bits per heavy atom. The SMILES string of the molecule is CC[Si]1(C)c2[cH-]c3ccc(O[Si](C)(C)C)c(NC(C)(C)C)c3c21.[Cl-].[Cl-].[Ti+3]. The molecule has 0 amide bonds. The number of anilines is 1. The van der Waals surface area contributed by atoms with E-state index in [1.165, 1.54) is 22.5 Å². The van der Waals surface area contributed by atoms with Crippen LogP contribution in [0.25, 0.3) is 10.8 Å². The minimum Gasteiger partial charge on any atom is -1.00 e. The Kier molecular flexibility index (Phi) is 8.31. The van der Waals surface area contributed by atoms with Crippen LogP contribution in [0, 0.1) is 0 Å². The average molecular weight is 463 g/mol. The molecule has 2 aromatic rings. The molecule has 0 saturated heterocycles. The molecule has 1 unspecified atom stereocenters. The molecule has 2 aromatic carbocycles. The van der Waals surface area contributed by atoms with E-state index < -0.39 is 16.4 Å². The fourth-order valence-electron chi connectivity index (χ4n) is 3.51. The van der Waals surface area contributed by atoms with Crippen LogP contribution < -0.4 is 44.9 Å². The monoisotopic (exact) mass is 462 g/mol. The summed E-state index contributed by atoms with van der Waals surface area (Å²) >= 11 is 0. The summed E-state index contributed by atoms with van der Waals surface area (Å²) in [6, 6.07) is 8.15. The zero-order valence-electron chi connectivity index (χ0n) is 17.1. The van der Waals surface area contributed by atoms with Gasteiger partial charge in [0, 0.05) is 19.3 Å². The molecule has 1 N–H and O–H groups in total. The van der Waals surface area contributed by atoms with Gasteiger partial charge in [-0.2, -0.15) is 10.4 Å². The molecule has 7 heteroatoms. The molecule has 3 rings (SSSR count). The molecule has 0 spiro atoms. The number of rotatable bonds is 4. The van der Waals surface area contributed by atoms with Gasteiger partial charge >= 0.3 is 21.7 Å². The first-order chi connectivity index (χ1) is 10.5. The Balaban J connectivity index is 0.00000208. The van der Waals surface area contributed by atoms with Crippen molar-refractivity contribution < 1.29 is 51.0 Å². The standard InChI is InChI=1S/C19H30NOSi2.2ClH.Ti/c1-9-23(8)15-12-13-10-11-14(21-22(5,6)7)17(16(13)18(15)23)20-19(2,3)4;;;/h10-12,20H,9H2,1-8H3;2*1H;/q-1;;;+3/p-2. The van der Waals surface area contributed by atoms with Crippen molar-refractivity contribution in [3.8, 4) is 5.75 Å². The van der Waals surface area contributed by atoms with E-state index in [4.69, 9.17) is 4.43 Å². The second-order valence-electron chi connectivity index (χ2n) is 9.11. The van der Waals surface area contributed by atoms with E-state index in [2.05, 4.69) is 77.4 Å². The van der Waals surface area contributed by atoms with Crippen LogP contribution in [0.5, 0.6) is 5.75 Å². The molecule has 1 radical (unpaired) electrons. The maximum atomic E-state index is 6.43. The van der Waals surface area contributed by atoms with Crippen molar-refractivity contribution in [3.05, 3.63) is 18.2 Å². The third kappa shape index (κ3) is 4.76. The van der Waals surface area contributed by atoms with Crippen molar-refractivity contribution in [2.45, 2.75) is 65.5 Å². The van der Waals surface area contributed by atoms with Gasteiger partial charge in [0.25, 0.3) is 0 Å². The maximum absolute atomic E-state index is 6.43. The van der Waals surface area contributed by atoms with Gasteiger partial charge in [-0.05, 0) is 40.4 Å². The molecular weight excluding hydrogens is 433 g/mol. The Bertz CT molecular complexity index is 780. The van der Waals surface area contributed by atoms with E-state index in [9.17, 15) is 0 Å². The molecule has 1 heterocycles. The summed E-state index contributed by atoms with van der Waals surface area (Å²) in [5, 5.41) is 9.91. The smallest absolute Gasteiger partial charge is 1.00 e. The number of hydrogen-bond acceptors (Lipinski definition) is 2. The van der Waals surface area contributed by atoms with Crippen LogP contribution >= 0.6 is 0 Å². The zero-order chi connectivity index (χ0) is 17.2. The third-order valence-electron chi connectivity index (χ3n) is 4.73. The number of nitrogens with one attached hydrogen (secondary N) is 1. The van der Waals surface area contributed by atoms with Gasteiger partial charge in [-0.25, -0.2) is 0 Å². The van der Waals surface area contributed by atoms with E-state index in [-0.39, 0.29) is 52.1 Å². The van der Waals surface area contributed by atoms with Gasteiger partial charge in [0.05, 0.1) is 0 Å². The summed E-state index contributed by atoms with van der Waals surface area (Å²) in [7, 11) is -2.92. The van der Waals surface area contributed by atoms with Crippen LogP contribution in [0.2, 0.25) is 32.2 Å². The Hall–Kier alpha value is 0.158. The minimum absolute atomic E-state index is 0. The summed E-state index contributed by atoms with van der Waals surface area (Å²) in [6.45, 7) is 18.3. The van der Waals surface area contributed by atoms with Crippen molar-refractivity contribution in [1.29, 1.82) is 0 Å². The summed E-state index contributed by atoms with van der Waals surface area (Å²) in [6.07, 6.45) is 0. The predicted octanol–water partition coefficient (Wildman–Crippen LogP) is -1.49. The van der Waals surface area contributed by atoms with Crippen molar-refractivity contribution in [2.24, 2.45) is 0 Å². The average Bonchev–Trinajstić information content (AvgIpc) is 2.78. The minimum atomic E-state index is -1.64. The Morgan fingerprint density at radius 1 is 1.15 bits per heavy atom. The van der Waals surface area contributed by atoms with Gasteiger partial charge in [-0.15, -0.1) is 22.9 Å². The molecule has 1 aliphatic rings. The number of halogens is 2. The van der Waals surface area contributed by atoms with E-state index in [0.717, 1.165) is 5.75 Å². The van der Waals surface area contributed by atoms with Crippen molar-refractivity contribution in [1.82, 2.24) is 0 Å². The predicted molar refractivity (Wildman–Crippen MR) is 108 cm³/mol. The molecule has 0 aliphatic carbocycles. The van der Waals surface area contributed by atoms with E-state index in [1.54, 1.807) is 10.4 Å². The van der Waals surface area contributed by atoms with Crippen LogP contribution in [-0.4, -0.2) is 21.9 Å². The fraction of sp³-hybridized carbons (Fsp3) is 0.526. The van der Waals surface area contributed by atoms with E-state index >= 15 is 0 Å². The molecule has 0 fully saturated rings. The quantitative estimate of drug-likeness (QED) is 0.441. The van der Waals surface area contributed by atoms with Crippen molar-refractivity contribution in [2.75, 3.05) is 5.32 Å². The number of benzene rings is 1. The second-order valence-corrected chi connectivity index (χ2v) is 17.9. The largest absolute Gasteiger partial charge is 3.00 e. The number of fused-ring (bicyclic) bond motifs is 3. The maximum Gasteiger partial charge on any atom is 3.00 e. The first kappa shape index (κ1) is 26.2. The molecule has 2 nitrogen and oxygen atoms in total. The van der Waals surface area contributed by atoms with Crippen molar-refractivity contribution in [3.63, 3.8) is 0 Å². The molecule has 0 aromatic heterocycles. The van der Waals surface area contributed by atoms with Gasteiger partial charge in [-0.3, -0.25) is 0 Å². The van der Waals surface area contributed by atoms with Gasteiger partial charge in [0.1, 0.15) is 5.75 Å². The molecular formula is C19H30Cl2NOSi2Ti. The molecule has 143 valence electrons. The fourth-order valence-corrected chi connectivity index (χ4v) is 8.08. The molecule has 26 heavy (non-hydrogen) atoms. The molecule has 0 saturated carbocycles. The summed E-state index contributed by atoms with van der Waals surface area (Å²) in [4.78, 5) is 0. The zero-order valence-corrected chi connectivity index (χ0v) is 22.2. The first-order valence-corrected chi connectivity index (χ1v) is 14.8. The normalized spacial score (nSPS) is 18.2. The van der Waals surface area contributed by atoms with Gasteiger partial charge in [0.2, 0.25) is 8.32 Å². The van der Waals surface area contributed by atoms with Crippen LogP contribution in [0.4, 0.5) is 5.69 Å². The van der Waals surface area contributed by atoms with Gasteiger partial charge in [0.15, 0.2) is 0 Å². The Labute approximate surface area is 188 Å². The third-order valence-corrected chi connectivity index (χ3v) is 9.93. The van der Waals surface area contributed by atoms with E-state index in [0.29, 0.717) is 0 Å². The first-order valence-electron chi connectivity index (χ1n) is 8.71. The number of hydrogen-bond donors (Lipinski definition) is 1. The van der Waals surface area contributed by atoms with Gasteiger partial charge in [-0.1, -0.05) is 25.6 Å². The van der Waals surface area contributed by atoms with Crippen LogP contribution in [0.1, 0.15) is 27.7 Å². The second kappa shape index (κ2) is 8.26. The Morgan fingerprint density at radius 2 is 1.73 bits per heavy atom. The van der Waals surface area contributed by atoms with Crippen LogP contribution in [-0.2, 0) is 21.7 Å². The summed E-state index contributed by atoms with van der Waals surface area (Å²) < 4.78 is 6.43. The molecule has 1 atom stereocenters. The summed E-state index contributed by atoms with van der Waals surface area (Å²) in [5.41, 5.74) is 1.25. The van der Waals surface area contributed by atoms with Gasteiger partial charge < -0.3 is 34.6 Å². The van der Waals surface area contributed by atoms with E-state index in [1.807, 2.05) is 0 Å².